The zero-order chi connectivity index (χ0) is 12.1. The normalized spacial score (nSPS) is 12.0. The molecule has 0 radical (unpaired) electrons. The summed E-state index contributed by atoms with van der Waals surface area (Å²) in [5.41, 5.74) is 0.725. The molecule has 0 amide bonds. The van der Waals surface area contributed by atoms with Crippen LogP contribution in [0.3, 0.4) is 0 Å². The number of halogens is 2. The number of carbonyl (C=O) groups excluding carboxylic acids is 1. The minimum atomic E-state index is -0.445. The fourth-order valence-electron chi connectivity index (χ4n) is 1.17. The quantitative estimate of drug-likeness (QED) is 0.678. The van der Waals surface area contributed by atoms with Gasteiger partial charge in [-0.3, -0.25) is 0 Å². The predicted molar refractivity (Wildman–Crippen MR) is 68.8 cm³/mol. The molecule has 0 saturated heterocycles. The van der Waals surface area contributed by atoms with Crippen molar-refractivity contribution in [2.45, 2.75) is 19.9 Å². The van der Waals surface area contributed by atoms with Crippen molar-refractivity contribution < 1.29 is 13.9 Å². The molecule has 0 aliphatic carbocycles. The molecule has 1 unspecified atom stereocenters. The van der Waals surface area contributed by atoms with Gasteiger partial charge in [0.1, 0.15) is 11.9 Å². The molecule has 1 rings (SSSR count). The third-order valence-corrected chi connectivity index (χ3v) is 2.84. The molecule has 88 valence electrons. The third kappa shape index (κ3) is 3.62. The molecule has 0 heterocycles. The lowest BCUT2D eigenvalue weighted by atomic mass is 10.2. The number of hydrogen-bond acceptors (Lipinski definition) is 3. The fraction of sp³-hybridized carbons (Fsp3) is 0.364. The summed E-state index contributed by atoms with van der Waals surface area (Å²) >= 11 is 2.01. The van der Waals surface area contributed by atoms with E-state index in [2.05, 4.69) is 5.32 Å². The van der Waals surface area contributed by atoms with Crippen LogP contribution in [-0.2, 0) is 9.53 Å². The monoisotopic (exact) mass is 337 g/mol. The lowest BCUT2D eigenvalue weighted by Gasteiger charge is -2.14. The molecule has 0 spiro atoms. The Hall–Kier alpha value is -0.850. The van der Waals surface area contributed by atoms with Crippen LogP contribution in [0.4, 0.5) is 10.1 Å². The van der Waals surface area contributed by atoms with Crippen LogP contribution < -0.4 is 5.32 Å². The molecule has 1 N–H and O–H groups in total. The molecule has 16 heavy (non-hydrogen) atoms. The van der Waals surface area contributed by atoms with Crippen LogP contribution >= 0.6 is 22.6 Å². The van der Waals surface area contributed by atoms with Crippen LogP contribution in [0.5, 0.6) is 0 Å². The third-order valence-electron chi connectivity index (χ3n) is 1.94. The smallest absolute Gasteiger partial charge is 0.328 e. The van der Waals surface area contributed by atoms with Crippen LogP contribution in [0.25, 0.3) is 0 Å². The standard InChI is InChI=1S/C11H13FINO2/c1-3-16-11(15)7(2)14-10-5-4-8(12)6-9(10)13/h4-7,14H,3H2,1-2H3. The van der Waals surface area contributed by atoms with E-state index in [1.54, 1.807) is 19.9 Å². The van der Waals surface area contributed by atoms with E-state index in [1.165, 1.54) is 12.1 Å². The van der Waals surface area contributed by atoms with Crippen molar-refractivity contribution in [1.29, 1.82) is 0 Å². The molecule has 0 fully saturated rings. The van der Waals surface area contributed by atoms with E-state index < -0.39 is 6.04 Å². The Labute approximate surface area is 108 Å². The number of esters is 1. The number of ether oxygens (including phenoxy) is 1. The number of nitrogens with one attached hydrogen (secondary N) is 1. The summed E-state index contributed by atoms with van der Waals surface area (Å²) in [5, 5.41) is 2.97. The van der Waals surface area contributed by atoms with Crippen molar-refractivity contribution in [2.24, 2.45) is 0 Å². The van der Waals surface area contributed by atoms with Gasteiger partial charge in [0.25, 0.3) is 0 Å². The van der Waals surface area contributed by atoms with E-state index in [-0.39, 0.29) is 11.8 Å². The van der Waals surface area contributed by atoms with Crippen molar-refractivity contribution in [3.8, 4) is 0 Å². The maximum absolute atomic E-state index is 12.8. The van der Waals surface area contributed by atoms with Gasteiger partial charge in [-0.05, 0) is 54.6 Å². The lowest BCUT2D eigenvalue weighted by Crippen LogP contribution is -2.28. The first-order valence-corrected chi connectivity index (χ1v) is 6.00. The molecule has 0 bridgehead atoms. The van der Waals surface area contributed by atoms with E-state index in [1.807, 2.05) is 22.6 Å². The summed E-state index contributed by atoms with van der Waals surface area (Å²) in [7, 11) is 0. The topological polar surface area (TPSA) is 38.3 Å². The maximum atomic E-state index is 12.8. The van der Waals surface area contributed by atoms with Gasteiger partial charge in [-0.1, -0.05) is 0 Å². The Bertz CT molecular complexity index is 384. The highest BCUT2D eigenvalue weighted by Crippen LogP contribution is 2.19. The van der Waals surface area contributed by atoms with Crippen LogP contribution in [0.1, 0.15) is 13.8 Å². The molecular formula is C11H13FINO2. The van der Waals surface area contributed by atoms with Gasteiger partial charge in [-0.2, -0.15) is 0 Å². The summed E-state index contributed by atoms with van der Waals surface area (Å²) in [6.07, 6.45) is 0. The Morgan fingerprint density at radius 1 is 1.62 bits per heavy atom. The van der Waals surface area contributed by atoms with E-state index >= 15 is 0 Å². The second kappa shape index (κ2) is 6.03. The number of hydrogen-bond donors (Lipinski definition) is 1. The van der Waals surface area contributed by atoms with Crippen molar-refractivity contribution in [3.05, 3.63) is 27.6 Å². The minimum Gasteiger partial charge on any atom is -0.464 e. The summed E-state index contributed by atoms with van der Waals surface area (Å²) < 4.78 is 18.4. The van der Waals surface area contributed by atoms with Gasteiger partial charge in [0.05, 0.1) is 6.61 Å². The van der Waals surface area contributed by atoms with Crippen LogP contribution in [-0.4, -0.2) is 18.6 Å². The minimum absolute atomic E-state index is 0.293. The number of carbonyl (C=O) groups is 1. The Morgan fingerprint density at radius 3 is 2.88 bits per heavy atom. The van der Waals surface area contributed by atoms with E-state index in [0.29, 0.717) is 6.61 Å². The highest BCUT2D eigenvalue weighted by molar-refractivity contribution is 14.1. The molecule has 3 nitrogen and oxygen atoms in total. The van der Waals surface area contributed by atoms with Gasteiger partial charge in [-0.15, -0.1) is 0 Å². The number of rotatable bonds is 4. The van der Waals surface area contributed by atoms with E-state index in [0.717, 1.165) is 9.26 Å². The summed E-state index contributed by atoms with van der Waals surface area (Å²) in [4.78, 5) is 11.4. The zero-order valence-corrected chi connectivity index (χ0v) is 11.2. The highest BCUT2D eigenvalue weighted by atomic mass is 127. The highest BCUT2D eigenvalue weighted by Gasteiger charge is 2.14. The van der Waals surface area contributed by atoms with Crippen LogP contribution in [0.15, 0.2) is 18.2 Å². The van der Waals surface area contributed by atoms with Crippen molar-refractivity contribution >= 4 is 34.2 Å². The van der Waals surface area contributed by atoms with Gasteiger partial charge in [-0.25, -0.2) is 9.18 Å². The van der Waals surface area contributed by atoms with Crippen molar-refractivity contribution in [1.82, 2.24) is 0 Å². The average Bonchev–Trinajstić information content (AvgIpc) is 2.22. The summed E-state index contributed by atoms with van der Waals surface area (Å²) in [6, 6.07) is 3.91. The second-order valence-electron chi connectivity index (χ2n) is 3.24. The first kappa shape index (κ1) is 13.2. The molecule has 0 aliphatic rings. The molecule has 1 aromatic rings. The predicted octanol–water partition coefficient (Wildman–Crippen LogP) is 2.79. The lowest BCUT2D eigenvalue weighted by molar-refractivity contribution is -0.143. The molecular weight excluding hydrogens is 324 g/mol. The van der Waals surface area contributed by atoms with Crippen LogP contribution in [0.2, 0.25) is 0 Å². The van der Waals surface area contributed by atoms with Gasteiger partial charge in [0.15, 0.2) is 0 Å². The van der Waals surface area contributed by atoms with Gasteiger partial charge in [0, 0.05) is 9.26 Å². The molecule has 0 aromatic heterocycles. The van der Waals surface area contributed by atoms with E-state index in [9.17, 15) is 9.18 Å². The maximum Gasteiger partial charge on any atom is 0.328 e. The zero-order valence-electron chi connectivity index (χ0n) is 9.09. The first-order chi connectivity index (χ1) is 7.54. The summed E-state index contributed by atoms with van der Waals surface area (Å²) in [5.74, 6) is -0.610. The Balaban J connectivity index is 2.69. The van der Waals surface area contributed by atoms with Gasteiger partial charge >= 0.3 is 5.97 Å². The molecule has 0 saturated carbocycles. The largest absolute Gasteiger partial charge is 0.464 e. The Kier molecular flexibility index (Phi) is 4.98. The molecule has 5 heteroatoms. The SMILES string of the molecule is CCOC(=O)C(C)Nc1ccc(F)cc1I. The Morgan fingerprint density at radius 2 is 2.31 bits per heavy atom. The average molecular weight is 337 g/mol. The second-order valence-corrected chi connectivity index (χ2v) is 4.40. The fourth-order valence-corrected chi connectivity index (χ4v) is 1.80. The number of benzene rings is 1. The molecule has 1 atom stereocenters. The van der Waals surface area contributed by atoms with Gasteiger partial charge in [0.2, 0.25) is 0 Å². The van der Waals surface area contributed by atoms with E-state index in [4.69, 9.17) is 4.74 Å². The van der Waals surface area contributed by atoms with Crippen molar-refractivity contribution in [2.75, 3.05) is 11.9 Å². The first-order valence-electron chi connectivity index (χ1n) is 4.92. The summed E-state index contributed by atoms with van der Waals surface area (Å²) in [6.45, 7) is 3.81. The van der Waals surface area contributed by atoms with Crippen molar-refractivity contribution in [3.63, 3.8) is 0 Å². The molecule has 0 aliphatic heterocycles. The molecule has 1 aromatic carbocycles. The van der Waals surface area contributed by atoms with Crippen LogP contribution in [0, 0.1) is 9.39 Å². The van der Waals surface area contributed by atoms with Gasteiger partial charge < -0.3 is 10.1 Å². The number of anilines is 1.